The molecule has 0 aliphatic rings. The van der Waals surface area contributed by atoms with Gasteiger partial charge in [0.05, 0.1) is 6.61 Å². The number of rotatable bonds is 11. The summed E-state index contributed by atoms with van der Waals surface area (Å²) in [6.45, 7) is 13.3. The summed E-state index contributed by atoms with van der Waals surface area (Å²) < 4.78 is 4.93. The van der Waals surface area contributed by atoms with Gasteiger partial charge in [0.25, 0.3) is 0 Å². The van der Waals surface area contributed by atoms with Crippen molar-refractivity contribution >= 4 is 5.97 Å². The predicted octanol–water partition coefficient (Wildman–Crippen LogP) is 6.07. The molecule has 2 heteroatoms. The van der Waals surface area contributed by atoms with Crippen molar-refractivity contribution in [1.82, 2.24) is 0 Å². The normalized spacial score (nSPS) is 14.3. The van der Waals surface area contributed by atoms with Crippen LogP contribution < -0.4 is 0 Å². The second-order valence-electron chi connectivity index (χ2n) is 6.55. The molecule has 0 aromatic carbocycles. The highest BCUT2D eigenvalue weighted by Gasteiger charge is 2.07. The molecule has 0 heterocycles. The van der Waals surface area contributed by atoms with Crippen LogP contribution in [0, 0.1) is 11.8 Å². The van der Waals surface area contributed by atoms with E-state index in [1.165, 1.54) is 37.7 Å². The number of allylic oxidation sites excluding steroid dienone is 3. The maximum absolute atomic E-state index is 11.4. The first-order valence-corrected chi connectivity index (χ1v) is 8.95. The zero-order chi connectivity index (χ0) is 17.0. The molecule has 0 rings (SSSR count). The maximum atomic E-state index is 11.4. The molecule has 0 aliphatic heterocycles. The largest absolute Gasteiger partial charge is 0.463 e. The number of esters is 1. The van der Waals surface area contributed by atoms with Crippen LogP contribution in [0.25, 0.3) is 0 Å². The van der Waals surface area contributed by atoms with Crippen molar-refractivity contribution in [2.75, 3.05) is 6.61 Å². The number of carbonyl (C=O) groups excluding carboxylic acids is 1. The van der Waals surface area contributed by atoms with Crippen LogP contribution in [0.4, 0.5) is 0 Å². The van der Waals surface area contributed by atoms with Gasteiger partial charge >= 0.3 is 5.97 Å². The number of ether oxygens (including phenoxy) is 1. The van der Waals surface area contributed by atoms with Crippen LogP contribution in [0.2, 0.25) is 0 Å². The summed E-state index contributed by atoms with van der Waals surface area (Å²) in [4.78, 5) is 11.4. The van der Waals surface area contributed by atoms with Crippen LogP contribution >= 0.6 is 0 Å². The fourth-order valence-electron chi connectivity index (χ4n) is 2.96. The van der Waals surface area contributed by atoms with Gasteiger partial charge in [0, 0.05) is 6.08 Å². The van der Waals surface area contributed by atoms with Crippen molar-refractivity contribution < 1.29 is 9.53 Å². The highest BCUT2D eigenvalue weighted by molar-refractivity contribution is 5.83. The molecule has 0 aromatic rings. The van der Waals surface area contributed by atoms with Gasteiger partial charge in [-0.1, -0.05) is 64.5 Å². The van der Waals surface area contributed by atoms with E-state index in [-0.39, 0.29) is 5.97 Å². The lowest BCUT2D eigenvalue weighted by atomic mass is 9.91. The van der Waals surface area contributed by atoms with E-state index in [0.717, 1.165) is 17.9 Å². The molecule has 0 aliphatic carbocycles. The molecule has 1 unspecified atom stereocenters. The SMILES string of the molecule is CCOC(=O)C=C(C)C=C(C)CC(C)CCCC(CC)CC. The summed E-state index contributed by atoms with van der Waals surface area (Å²) in [6.07, 6.45) is 11.4. The maximum Gasteiger partial charge on any atom is 0.330 e. The minimum Gasteiger partial charge on any atom is -0.463 e. The Morgan fingerprint density at radius 1 is 1.05 bits per heavy atom. The lowest BCUT2D eigenvalue weighted by molar-refractivity contribution is -0.137. The van der Waals surface area contributed by atoms with Crippen molar-refractivity contribution in [3.05, 3.63) is 23.3 Å². The van der Waals surface area contributed by atoms with Gasteiger partial charge in [0.15, 0.2) is 0 Å². The van der Waals surface area contributed by atoms with Gasteiger partial charge in [0.2, 0.25) is 0 Å². The Bertz CT molecular complexity index is 362. The summed E-state index contributed by atoms with van der Waals surface area (Å²) in [7, 11) is 0. The minimum absolute atomic E-state index is 0.248. The van der Waals surface area contributed by atoms with Gasteiger partial charge in [-0.2, -0.15) is 0 Å². The Morgan fingerprint density at radius 3 is 2.23 bits per heavy atom. The smallest absolute Gasteiger partial charge is 0.330 e. The Kier molecular flexibility index (Phi) is 11.9. The lowest BCUT2D eigenvalue weighted by Crippen LogP contribution is -2.01. The van der Waals surface area contributed by atoms with Gasteiger partial charge in [-0.25, -0.2) is 4.79 Å². The zero-order valence-electron chi connectivity index (χ0n) is 15.6. The van der Waals surface area contributed by atoms with Crippen molar-refractivity contribution in [3.8, 4) is 0 Å². The Hall–Kier alpha value is -1.05. The average Bonchev–Trinajstić information content (AvgIpc) is 2.43. The van der Waals surface area contributed by atoms with Crippen molar-refractivity contribution in [2.24, 2.45) is 11.8 Å². The van der Waals surface area contributed by atoms with Crippen molar-refractivity contribution in [1.29, 1.82) is 0 Å². The van der Waals surface area contributed by atoms with Crippen molar-refractivity contribution in [2.45, 2.75) is 80.1 Å². The summed E-state index contributed by atoms with van der Waals surface area (Å²) in [5, 5.41) is 0. The standard InChI is InChI=1S/C20H36O2/c1-7-19(8-2)12-10-11-16(4)13-17(5)14-18(6)15-20(21)22-9-3/h14-16,19H,7-13H2,1-6H3. The molecule has 0 fully saturated rings. The Morgan fingerprint density at radius 2 is 1.68 bits per heavy atom. The molecule has 0 radical (unpaired) electrons. The third-order valence-corrected chi connectivity index (χ3v) is 4.24. The van der Waals surface area contributed by atoms with Gasteiger partial charge in [-0.3, -0.25) is 0 Å². The Balaban J connectivity index is 4.20. The Labute approximate surface area is 138 Å². The van der Waals surface area contributed by atoms with E-state index >= 15 is 0 Å². The van der Waals surface area contributed by atoms with Crippen molar-refractivity contribution in [3.63, 3.8) is 0 Å². The second-order valence-corrected chi connectivity index (χ2v) is 6.55. The molecular formula is C20H36O2. The molecule has 22 heavy (non-hydrogen) atoms. The van der Waals surface area contributed by atoms with Gasteiger partial charge < -0.3 is 4.74 Å². The van der Waals surface area contributed by atoms with E-state index < -0.39 is 0 Å². The van der Waals surface area contributed by atoms with E-state index in [9.17, 15) is 4.79 Å². The molecule has 0 bridgehead atoms. The average molecular weight is 309 g/mol. The predicted molar refractivity (Wildman–Crippen MR) is 95.9 cm³/mol. The first-order valence-electron chi connectivity index (χ1n) is 8.95. The van der Waals surface area contributed by atoms with E-state index in [0.29, 0.717) is 12.5 Å². The van der Waals surface area contributed by atoms with Gasteiger partial charge in [-0.05, 0) is 44.6 Å². The van der Waals surface area contributed by atoms with Crippen LogP contribution in [0.15, 0.2) is 23.3 Å². The fourth-order valence-corrected chi connectivity index (χ4v) is 2.96. The van der Waals surface area contributed by atoms with Crippen LogP contribution in [0.5, 0.6) is 0 Å². The van der Waals surface area contributed by atoms with E-state index in [2.05, 4.69) is 33.8 Å². The summed E-state index contributed by atoms with van der Waals surface area (Å²) in [6, 6.07) is 0. The molecule has 0 spiro atoms. The van der Waals surface area contributed by atoms with Crippen LogP contribution in [0.1, 0.15) is 80.1 Å². The quantitative estimate of drug-likeness (QED) is 0.263. The third kappa shape index (κ3) is 10.6. The first kappa shape index (κ1) is 20.9. The molecular weight excluding hydrogens is 272 g/mol. The second kappa shape index (κ2) is 12.5. The zero-order valence-corrected chi connectivity index (χ0v) is 15.6. The highest BCUT2D eigenvalue weighted by atomic mass is 16.5. The van der Waals surface area contributed by atoms with E-state index in [1.54, 1.807) is 6.08 Å². The first-order chi connectivity index (χ1) is 10.4. The molecule has 0 saturated heterocycles. The number of hydrogen-bond acceptors (Lipinski definition) is 2. The number of carbonyl (C=O) groups is 1. The molecule has 2 nitrogen and oxygen atoms in total. The van der Waals surface area contributed by atoms with Crippen LogP contribution in [-0.2, 0) is 9.53 Å². The topological polar surface area (TPSA) is 26.3 Å². The van der Waals surface area contributed by atoms with Crippen LogP contribution in [0.3, 0.4) is 0 Å². The van der Waals surface area contributed by atoms with E-state index in [1.807, 2.05) is 13.8 Å². The van der Waals surface area contributed by atoms with Gasteiger partial charge in [0.1, 0.15) is 0 Å². The summed E-state index contributed by atoms with van der Waals surface area (Å²) in [5.41, 5.74) is 2.31. The summed E-state index contributed by atoms with van der Waals surface area (Å²) >= 11 is 0. The van der Waals surface area contributed by atoms with E-state index in [4.69, 9.17) is 4.74 Å². The highest BCUT2D eigenvalue weighted by Crippen LogP contribution is 2.22. The van der Waals surface area contributed by atoms with Gasteiger partial charge in [-0.15, -0.1) is 0 Å². The number of hydrogen-bond donors (Lipinski definition) is 0. The molecule has 0 aromatic heterocycles. The molecule has 1 atom stereocenters. The fraction of sp³-hybridized carbons (Fsp3) is 0.750. The van der Waals surface area contributed by atoms with Crippen LogP contribution in [-0.4, -0.2) is 12.6 Å². The molecule has 0 amide bonds. The molecule has 128 valence electrons. The monoisotopic (exact) mass is 308 g/mol. The minimum atomic E-state index is -0.248. The third-order valence-electron chi connectivity index (χ3n) is 4.24. The molecule has 0 N–H and O–H groups in total. The molecule has 0 saturated carbocycles. The lowest BCUT2D eigenvalue weighted by Gasteiger charge is -2.15. The summed E-state index contributed by atoms with van der Waals surface area (Å²) in [5.74, 6) is 1.36.